The Morgan fingerprint density at radius 2 is 1.71 bits per heavy atom. The van der Waals surface area contributed by atoms with Crippen LogP contribution in [0.5, 0.6) is 0 Å². The molecule has 9 heteroatoms. The minimum Gasteiger partial charge on any atom is -0.481 e. The van der Waals surface area contributed by atoms with Crippen molar-refractivity contribution in [3.8, 4) is 0 Å². The first-order chi connectivity index (χ1) is 14.8. The Labute approximate surface area is 178 Å². The monoisotopic (exact) mass is 425 g/mol. The summed E-state index contributed by atoms with van der Waals surface area (Å²) >= 11 is 0. The van der Waals surface area contributed by atoms with Gasteiger partial charge in [-0.25, -0.2) is 0 Å². The zero-order valence-corrected chi connectivity index (χ0v) is 16.9. The van der Waals surface area contributed by atoms with Gasteiger partial charge in [0.05, 0.1) is 17.0 Å². The zero-order chi connectivity index (χ0) is 21.9. The Kier molecular flexibility index (Phi) is 4.39. The van der Waals surface area contributed by atoms with Gasteiger partial charge < -0.3 is 10.0 Å². The number of carboxylic acids is 1. The third-order valence-corrected chi connectivity index (χ3v) is 7.32. The van der Waals surface area contributed by atoms with Crippen LogP contribution in [0.25, 0.3) is 0 Å². The molecule has 0 bridgehead atoms. The van der Waals surface area contributed by atoms with E-state index in [1.165, 1.54) is 0 Å². The van der Waals surface area contributed by atoms with E-state index in [9.17, 15) is 24.0 Å². The van der Waals surface area contributed by atoms with Crippen molar-refractivity contribution in [1.29, 1.82) is 0 Å². The van der Waals surface area contributed by atoms with Crippen molar-refractivity contribution >= 4 is 35.3 Å². The van der Waals surface area contributed by atoms with Gasteiger partial charge in [-0.15, -0.1) is 0 Å². The van der Waals surface area contributed by atoms with Crippen LogP contribution in [0, 0.1) is 11.3 Å². The quantitative estimate of drug-likeness (QED) is 0.697. The maximum absolute atomic E-state index is 13.0. The number of hydrogen-bond acceptors (Lipinski definition) is 6. The molecule has 0 aromatic heterocycles. The molecule has 3 aliphatic heterocycles. The lowest BCUT2D eigenvalue weighted by Crippen LogP contribution is -2.54. The molecule has 3 heterocycles. The maximum Gasteiger partial charge on any atom is 0.306 e. The molecule has 31 heavy (non-hydrogen) atoms. The molecule has 0 radical (unpaired) electrons. The fraction of sp³-hybridized carbons (Fsp3) is 0.500. The summed E-state index contributed by atoms with van der Waals surface area (Å²) in [6.07, 6.45) is 3.50. The summed E-state index contributed by atoms with van der Waals surface area (Å²) in [6, 6.07) is 4.19. The number of hydrogen-bond donors (Lipinski definition) is 2. The summed E-state index contributed by atoms with van der Waals surface area (Å²) in [5.74, 6) is -2.97. The first-order valence-electron chi connectivity index (χ1n) is 10.6. The zero-order valence-electron chi connectivity index (χ0n) is 16.9. The van der Waals surface area contributed by atoms with Crippen molar-refractivity contribution in [2.45, 2.75) is 44.6 Å². The van der Waals surface area contributed by atoms with Crippen molar-refractivity contribution < 1.29 is 29.1 Å². The van der Waals surface area contributed by atoms with E-state index in [4.69, 9.17) is 5.11 Å². The Bertz CT molecular complexity index is 1020. The van der Waals surface area contributed by atoms with Gasteiger partial charge in [0.2, 0.25) is 11.8 Å². The van der Waals surface area contributed by atoms with Crippen LogP contribution >= 0.6 is 0 Å². The number of nitrogens with one attached hydrogen (secondary N) is 1. The number of carboxylic acid groups (broad SMARTS) is 1. The lowest BCUT2D eigenvalue weighted by molar-refractivity contribution is -0.151. The Balaban J connectivity index is 1.30. The van der Waals surface area contributed by atoms with Crippen LogP contribution in [0.1, 0.15) is 59.2 Å². The molecule has 1 aromatic carbocycles. The number of rotatable bonds is 3. The number of benzene rings is 1. The van der Waals surface area contributed by atoms with E-state index in [2.05, 4.69) is 10.2 Å². The summed E-state index contributed by atoms with van der Waals surface area (Å²) in [4.78, 5) is 63.7. The summed E-state index contributed by atoms with van der Waals surface area (Å²) < 4.78 is 0. The van der Waals surface area contributed by atoms with E-state index in [-0.39, 0.29) is 35.3 Å². The van der Waals surface area contributed by atoms with Gasteiger partial charge in [-0.2, -0.15) is 0 Å². The summed E-state index contributed by atoms with van der Waals surface area (Å²) in [7, 11) is 0. The molecule has 3 fully saturated rings. The van der Waals surface area contributed by atoms with E-state index < -0.39 is 35.6 Å². The fourth-order valence-electron chi connectivity index (χ4n) is 5.46. The third kappa shape index (κ3) is 3.10. The van der Waals surface area contributed by atoms with Gasteiger partial charge in [0.25, 0.3) is 11.8 Å². The molecule has 1 aliphatic carbocycles. The second-order valence-corrected chi connectivity index (χ2v) is 9.11. The minimum atomic E-state index is -0.968. The standard InChI is InChI=1S/C22H23N3O6/c26-17-4-3-16(18(27)23-17)25-19(28)14-2-1-13(9-15(14)20(25)29)24-7-5-22(6-8-24)10-12(11-22)21(30)31/h1-2,9,12,16H,3-8,10-11H2,(H,30,31)(H,23,26,27). The first-order valence-corrected chi connectivity index (χ1v) is 10.6. The number of carbonyl (C=O) groups excluding carboxylic acids is 4. The second kappa shape index (κ2) is 6.90. The van der Waals surface area contributed by atoms with Crippen LogP contribution in [0.15, 0.2) is 18.2 Å². The highest BCUT2D eigenvalue weighted by molar-refractivity contribution is 6.23. The van der Waals surface area contributed by atoms with E-state index in [1.54, 1.807) is 12.1 Å². The molecule has 5 rings (SSSR count). The van der Waals surface area contributed by atoms with Crippen molar-refractivity contribution in [2.24, 2.45) is 11.3 Å². The molecule has 9 nitrogen and oxygen atoms in total. The van der Waals surface area contributed by atoms with Crippen molar-refractivity contribution in [1.82, 2.24) is 10.2 Å². The molecule has 4 amide bonds. The highest BCUT2D eigenvalue weighted by Crippen LogP contribution is 2.53. The Morgan fingerprint density at radius 1 is 1.03 bits per heavy atom. The number of fused-ring (bicyclic) bond motifs is 1. The van der Waals surface area contributed by atoms with Crippen LogP contribution in [0.3, 0.4) is 0 Å². The van der Waals surface area contributed by atoms with Crippen LogP contribution in [-0.4, -0.2) is 58.7 Å². The van der Waals surface area contributed by atoms with Gasteiger partial charge in [-0.3, -0.25) is 34.2 Å². The minimum absolute atomic E-state index is 0.0906. The smallest absolute Gasteiger partial charge is 0.306 e. The van der Waals surface area contributed by atoms with Crippen LogP contribution < -0.4 is 10.2 Å². The number of nitrogens with zero attached hydrogens (tertiary/aromatic N) is 2. The Morgan fingerprint density at radius 3 is 2.35 bits per heavy atom. The molecule has 1 saturated carbocycles. The van der Waals surface area contributed by atoms with E-state index >= 15 is 0 Å². The van der Waals surface area contributed by atoms with Gasteiger partial charge in [0.15, 0.2) is 0 Å². The lowest BCUT2D eigenvalue weighted by Gasteiger charge is -2.51. The van der Waals surface area contributed by atoms with E-state index in [0.29, 0.717) is 0 Å². The number of piperidine rings is 2. The van der Waals surface area contributed by atoms with Crippen molar-refractivity contribution in [3.63, 3.8) is 0 Å². The van der Waals surface area contributed by atoms with Crippen LogP contribution in [0.2, 0.25) is 0 Å². The average Bonchev–Trinajstić information content (AvgIpc) is 2.96. The first kappa shape index (κ1) is 19.7. The van der Waals surface area contributed by atoms with Gasteiger partial charge in [0, 0.05) is 25.2 Å². The predicted molar refractivity (Wildman–Crippen MR) is 107 cm³/mol. The Hall–Kier alpha value is -3.23. The largest absolute Gasteiger partial charge is 0.481 e. The summed E-state index contributed by atoms with van der Waals surface area (Å²) in [5.41, 5.74) is 1.51. The number of anilines is 1. The topological polar surface area (TPSA) is 124 Å². The fourth-order valence-corrected chi connectivity index (χ4v) is 5.46. The van der Waals surface area contributed by atoms with Gasteiger partial charge >= 0.3 is 5.97 Å². The van der Waals surface area contributed by atoms with Crippen LogP contribution in [0.4, 0.5) is 5.69 Å². The molecule has 1 spiro atoms. The van der Waals surface area contributed by atoms with E-state index in [1.807, 2.05) is 6.07 Å². The summed E-state index contributed by atoms with van der Waals surface area (Å²) in [6.45, 7) is 1.54. The molecule has 162 valence electrons. The molecule has 1 atom stereocenters. The molecular weight excluding hydrogens is 402 g/mol. The molecular formula is C22H23N3O6. The molecule has 2 saturated heterocycles. The highest BCUT2D eigenvalue weighted by atomic mass is 16.4. The number of imide groups is 2. The van der Waals surface area contributed by atoms with Crippen LogP contribution in [-0.2, 0) is 14.4 Å². The van der Waals surface area contributed by atoms with Crippen molar-refractivity contribution in [2.75, 3.05) is 18.0 Å². The number of amides is 4. The van der Waals surface area contributed by atoms with Gasteiger partial charge in [-0.1, -0.05) is 0 Å². The van der Waals surface area contributed by atoms with Gasteiger partial charge in [0.1, 0.15) is 6.04 Å². The SMILES string of the molecule is O=C1CCC(N2C(=O)c3ccc(N4CCC5(CC4)CC(C(=O)O)C5)cc3C2=O)C(=O)N1. The molecule has 1 aromatic rings. The third-order valence-electron chi connectivity index (χ3n) is 7.32. The maximum atomic E-state index is 13.0. The number of aliphatic carboxylic acids is 1. The average molecular weight is 425 g/mol. The number of carbonyl (C=O) groups is 5. The summed E-state index contributed by atoms with van der Waals surface area (Å²) in [5, 5.41) is 11.3. The highest BCUT2D eigenvalue weighted by Gasteiger charge is 2.49. The van der Waals surface area contributed by atoms with Crippen molar-refractivity contribution in [3.05, 3.63) is 29.3 Å². The molecule has 2 N–H and O–H groups in total. The molecule has 1 unspecified atom stereocenters. The second-order valence-electron chi connectivity index (χ2n) is 9.11. The van der Waals surface area contributed by atoms with Gasteiger partial charge in [-0.05, 0) is 55.7 Å². The lowest BCUT2D eigenvalue weighted by atomic mass is 9.57. The molecule has 4 aliphatic rings. The predicted octanol–water partition coefficient (Wildman–Crippen LogP) is 1.17. The normalized spacial score (nSPS) is 25.5. The van der Waals surface area contributed by atoms with E-state index in [0.717, 1.165) is 49.4 Å².